The molecule has 9 N–H and O–H groups in total. The van der Waals surface area contributed by atoms with Crippen molar-refractivity contribution >= 4 is 58.4 Å². The number of hydrogen-bond acceptors (Lipinski definition) is 11. The number of phenolic OH excluding ortho intramolecular Hbond substituents is 1. The molecule has 1 fully saturated rings. The Kier molecular flexibility index (Phi) is 12.8. The highest BCUT2D eigenvalue weighted by molar-refractivity contribution is 6.08. The van der Waals surface area contributed by atoms with Crippen molar-refractivity contribution in [2.45, 2.75) is 38.5 Å². The van der Waals surface area contributed by atoms with Crippen molar-refractivity contribution in [1.29, 1.82) is 5.26 Å². The first-order chi connectivity index (χ1) is 27.2. The lowest BCUT2D eigenvalue weighted by atomic mass is 10.1. The van der Waals surface area contributed by atoms with Crippen LogP contribution < -0.4 is 42.5 Å². The number of hydroxylamine groups is 1. The minimum atomic E-state index is -1.38. The number of phenols is 1. The fourth-order valence-corrected chi connectivity index (χ4v) is 5.28. The molecule has 0 aliphatic carbocycles. The molecule has 1 aliphatic rings. The number of primary amides is 1. The van der Waals surface area contributed by atoms with Gasteiger partial charge in [-0.15, -0.1) is 0 Å². The third-order valence-electron chi connectivity index (χ3n) is 8.15. The molecule has 4 aromatic rings. The molecule has 1 saturated heterocycles. The van der Waals surface area contributed by atoms with Gasteiger partial charge < -0.3 is 42.2 Å². The number of nitrogens with two attached hydrogens (primary N) is 1. The van der Waals surface area contributed by atoms with Crippen LogP contribution in [0.4, 0.5) is 17.1 Å². The Balaban J connectivity index is 1.21. The molecule has 0 saturated carbocycles. The molecule has 18 heteroatoms. The Hall–Kier alpha value is -7.78. The molecule has 0 bridgehead atoms. The second-order valence-electron chi connectivity index (χ2n) is 12.7. The van der Waals surface area contributed by atoms with Crippen LogP contribution >= 0.6 is 0 Å². The maximum Gasteiger partial charge on any atom is 0.268 e. The number of carbonyl (C=O) groups is 7. The third kappa shape index (κ3) is 10.5. The predicted molar refractivity (Wildman–Crippen MR) is 203 cm³/mol. The first-order valence-electron chi connectivity index (χ1n) is 17.2. The molecule has 1 heterocycles. The summed E-state index contributed by atoms with van der Waals surface area (Å²) in [6.45, 7) is 3.24. The molecular formula is C39H36N8O10. The maximum absolute atomic E-state index is 13.2. The SMILES string of the molecule is CC(C)Oc1c(NC(=O)c2ccc(NC(=O)C(CC(N)=O)NC(=O)c3ccc(NC(=O)c4ccc(C#N)cc4)cc3)cc2)ccc(C(=O)NC2CONC2=O)c1O. The van der Waals surface area contributed by atoms with Gasteiger partial charge in [0.2, 0.25) is 11.8 Å². The number of amides is 7. The van der Waals surface area contributed by atoms with Crippen LogP contribution in [-0.4, -0.2) is 71.3 Å². The summed E-state index contributed by atoms with van der Waals surface area (Å²) in [5.41, 5.74) is 8.84. The van der Waals surface area contributed by atoms with E-state index in [-0.39, 0.29) is 40.4 Å². The van der Waals surface area contributed by atoms with Crippen molar-refractivity contribution in [3.05, 3.63) is 113 Å². The van der Waals surface area contributed by atoms with Crippen molar-refractivity contribution < 1.29 is 48.2 Å². The fraction of sp³-hybridized carbons (Fsp3) is 0.179. The van der Waals surface area contributed by atoms with Gasteiger partial charge in [-0.1, -0.05) is 0 Å². The molecule has 1 aliphatic heterocycles. The first-order valence-corrected chi connectivity index (χ1v) is 17.2. The van der Waals surface area contributed by atoms with E-state index in [1.807, 2.05) is 6.07 Å². The topological polar surface area (TPSA) is 280 Å². The largest absolute Gasteiger partial charge is 0.504 e. The van der Waals surface area contributed by atoms with Crippen LogP contribution in [0.5, 0.6) is 11.5 Å². The summed E-state index contributed by atoms with van der Waals surface area (Å²) >= 11 is 0. The Morgan fingerprint density at radius 1 is 0.825 bits per heavy atom. The van der Waals surface area contributed by atoms with E-state index in [1.54, 1.807) is 13.8 Å². The van der Waals surface area contributed by atoms with Crippen LogP contribution in [0.25, 0.3) is 0 Å². The second kappa shape index (κ2) is 18.0. The molecule has 0 aromatic heterocycles. The van der Waals surface area contributed by atoms with Gasteiger partial charge in [0, 0.05) is 28.1 Å². The van der Waals surface area contributed by atoms with Crippen LogP contribution in [0.1, 0.15) is 67.3 Å². The van der Waals surface area contributed by atoms with Gasteiger partial charge >= 0.3 is 0 Å². The summed E-state index contributed by atoms with van der Waals surface area (Å²) < 4.78 is 5.72. The highest BCUT2D eigenvalue weighted by Crippen LogP contribution is 2.39. The first kappa shape index (κ1) is 40.4. The van der Waals surface area contributed by atoms with E-state index in [2.05, 4.69) is 32.1 Å². The van der Waals surface area contributed by atoms with Crippen molar-refractivity contribution in [3.8, 4) is 17.6 Å². The fourth-order valence-electron chi connectivity index (χ4n) is 5.28. The average molecular weight is 777 g/mol. The number of nitriles is 1. The van der Waals surface area contributed by atoms with E-state index in [9.17, 15) is 38.7 Å². The smallest absolute Gasteiger partial charge is 0.268 e. The van der Waals surface area contributed by atoms with E-state index in [0.717, 1.165) is 0 Å². The zero-order valence-electron chi connectivity index (χ0n) is 30.4. The molecule has 4 aromatic carbocycles. The lowest BCUT2D eigenvalue weighted by Crippen LogP contribution is -2.46. The van der Waals surface area contributed by atoms with Crippen molar-refractivity contribution in [2.24, 2.45) is 5.73 Å². The monoisotopic (exact) mass is 776 g/mol. The number of carbonyl (C=O) groups excluding carboxylic acids is 7. The van der Waals surface area contributed by atoms with Gasteiger partial charge in [0.15, 0.2) is 11.5 Å². The zero-order valence-corrected chi connectivity index (χ0v) is 30.4. The van der Waals surface area contributed by atoms with Gasteiger partial charge in [-0.05, 0) is 98.8 Å². The highest BCUT2D eigenvalue weighted by atomic mass is 16.7. The molecule has 7 amide bonds. The molecule has 18 nitrogen and oxygen atoms in total. The van der Waals surface area contributed by atoms with E-state index in [4.69, 9.17) is 20.6 Å². The molecule has 2 atom stereocenters. The Labute approximate surface area is 324 Å². The van der Waals surface area contributed by atoms with Crippen LogP contribution in [0.2, 0.25) is 0 Å². The number of ether oxygens (including phenoxy) is 1. The third-order valence-corrected chi connectivity index (χ3v) is 8.15. The van der Waals surface area contributed by atoms with Crippen molar-refractivity contribution in [1.82, 2.24) is 16.1 Å². The predicted octanol–water partition coefficient (Wildman–Crippen LogP) is 2.33. The highest BCUT2D eigenvalue weighted by Gasteiger charge is 2.30. The molecule has 57 heavy (non-hydrogen) atoms. The van der Waals surface area contributed by atoms with Gasteiger partial charge in [0.05, 0.1) is 35.4 Å². The second-order valence-corrected chi connectivity index (χ2v) is 12.7. The zero-order chi connectivity index (χ0) is 41.2. The van der Waals surface area contributed by atoms with Gasteiger partial charge in [-0.25, -0.2) is 5.48 Å². The van der Waals surface area contributed by atoms with Gasteiger partial charge in [0.25, 0.3) is 29.5 Å². The summed E-state index contributed by atoms with van der Waals surface area (Å²) in [7, 11) is 0. The van der Waals surface area contributed by atoms with E-state index in [1.165, 1.54) is 84.9 Å². The Bertz CT molecular complexity index is 2250. The number of nitrogens with one attached hydrogen (secondary N) is 6. The molecular weight excluding hydrogens is 740 g/mol. The number of hydrogen-bond donors (Lipinski definition) is 8. The summed E-state index contributed by atoms with van der Waals surface area (Å²) in [4.78, 5) is 93.3. The number of aromatic hydroxyl groups is 1. The maximum atomic E-state index is 13.2. The lowest BCUT2D eigenvalue weighted by molar-refractivity contribution is -0.125. The van der Waals surface area contributed by atoms with E-state index >= 15 is 0 Å². The lowest BCUT2D eigenvalue weighted by Gasteiger charge is -2.19. The molecule has 0 radical (unpaired) electrons. The number of anilines is 3. The number of benzene rings is 4. The molecule has 0 spiro atoms. The summed E-state index contributed by atoms with van der Waals surface area (Å²) in [6.07, 6.45) is -1.01. The normalized spacial score (nSPS) is 13.6. The molecule has 292 valence electrons. The van der Waals surface area contributed by atoms with Crippen molar-refractivity contribution in [3.63, 3.8) is 0 Å². The summed E-state index contributed by atoms with van der Waals surface area (Å²) in [5.74, 6) is -5.51. The van der Waals surface area contributed by atoms with Gasteiger partial charge in [-0.2, -0.15) is 5.26 Å². The van der Waals surface area contributed by atoms with Crippen LogP contribution in [0, 0.1) is 11.3 Å². The van der Waals surface area contributed by atoms with Crippen LogP contribution in [-0.2, 0) is 19.2 Å². The van der Waals surface area contributed by atoms with E-state index < -0.39 is 71.7 Å². The molecule has 5 rings (SSSR count). The number of rotatable bonds is 14. The summed E-state index contributed by atoms with van der Waals surface area (Å²) in [6, 6.07) is 19.6. The van der Waals surface area contributed by atoms with Crippen LogP contribution in [0.15, 0.2) is 84.9 Å². The Morgan fingerprint density at radius 2 is 1.39 bits per heavy atom. The van der Waals surface area contributed by atoms with Crippen LogP contribution in [0.3, 0.4) is 0 Å². The van der Waals surface area contributed by atoms with Gasteiger partial charge in [-0.3, -0.25) is 38.4 Å². The summed E-state index contributed by atoms with van der Waals surface area (Å²) in [5, 5.41) is 32.7. The minimum absolute atomic E-state index is 0.0367. The average Bonchev–Trinajstić information content (AvgIpc) is 3.59. The molecule has 2 unspecified atom stereocenters. The number of nitrogens with zero attached hydrogens (tertiary/aromatic N) is 1. The minimum Gasteiger partial charge on any atom is -0.504 e. The van der Waals surface area contributed by atoms with Crippen molar-refractivity contribution in [2.75, 3.05) is 22.6 Å². The Morgan fingerprint density at radius 3 is 1.93 bits per heavy atom. The quantitative estimate of drug-likeness (QED) is 0.0920. The van der Waals surface area contributed by atoms with Gasteiger partial charge in [0.1, 0.15) is 18.7 Å². The standard InChI is InChI=1S/C39H36N8O10/c1-20(2)57-33-28(16-15-27(32(33)49)37(53)46-30-19-56-47-39(30)55)44-35(51)23-9-13-26(14-10-23)43-38(54)29(17-31(41)48)45-36(52)24-7-11-25(12-8-24)42-34(50)22-5-3-21(18-40)4-6-22/h3-16,20,29-30,49H,17,19H2,1-2H3,(H2,41,48)(H,42,50)(H,43,54)(H,44,51)(H,45,52)(H,46,53)(H,47,55). The van der Waals surface area contributed by atoms with E-state index in [0.29, 0.717) is 16.8 Å².